The second kappa shape index (κ2) is 9.08. The SMILES string of the molecule is C/C=C/c1ccc(OCC(=O)Nc2ccc(C(C)(C)C(=O)O)cc2)c(OC)c1. The molecule has 28 heavy (non-hydrogen) atoms. The van der Waals surface area contributed by atoms with Crippen molar-refractivity contribution in [2.75, 3.05) is 19.0 Å². The van der Waals surface area contributed by atoms with Crippen molar-refractivity contribution in [3.05, 3.63) is 59.7 Å². The van der Waals surface area contributed by atoms with Crippen LogP contribution in [0.2, 0.25) is 0 Å². The highest BCUT2D eigenvalue weighted by molar-refractivity contribution is 5.92. The molecule has 0 aliphatic heterocycles. The van der Waals surface area contributed by atoms with Crippen LogP contribution >= 0.6 is 0 Å². The van der Waals surface area contributed by atoms with Crippen molar-refractivity contribution in [1.82, 2.24) is 0 Å². The van der Waals surface area contributed by atoms with Crippen LogP contribution < -0.4 is 14.8 Å². The van der Waals surface area contributed by atoms with E-state index in [1.807, 2.05) is 31.2 Å². The molecule has 6 heteroatoms. The monoisotopic (exact) mass is 383 g/mol. The van der Waals surface area contributed by atoms with Crippen molar-refractivity contribution in [2.45, 2.75) is 26.2 Å². The van der Waals surface area contributed by atoms with Gasteiger partial charge in [0.1, 0.15) is 0 Å². The molecule has 0 aromatic heterocycles. The zero-order chi connectivity index (χ0) is 20.7. The fourth-order valence-corrected chi connectivity index (χ4v) is 2.53. The van der Waals surface area contributed by atoms with E-state index in [9.17, 15) is 14.7 Å². The molecule has 2 rings (SSSR count). The first kappa shape index (κ1) is 21.0. The lowest BCUT2D eigenvalue weighted by Gasteiger charge is -2.20. The number of amides is 1. The molecule has 0 atom stereocenters. The normalized spacial score (nSPS) is 11.3. The molecule has 0 spiro atoms. The topological polar surface area (TPSA) is 84.9 Å². The Morgan fingerprint density at radius 2 is 1.79 bits per heavy atom. The maximum atomic E-state index is 12.2. The van der Waals surface area contributed by atoms with Crippen molar-refractivity contribution in [3.8, 4) is 11.5 Å². The fourth-order valence-electron chi connectivity index (χ4n) is 2.53. The highest BCUT2D eigenvalue weighted by Crippen LogP contribution is 2.29. The first-order valence-corrected chi connectivity index (χ1v) is 8.85. The number of carbonyl (C=O) groups is 2. The van der Waals surface area contributed by atoms with E-state index in [2.05, 4.69) is 5.32 Å². The van der Waals surface area contributed by atoms with Gasteiger partial charge in [-0.25, -0.2) is 0 Å². The number of hydrogen-bond donors (Lipinski definition) is 2. The van der Waals surface area contributed by atoms with Gasteiger partial charge in [-0.2, -0.15) is 0 Å². The first-order valence-electron chi connectivity index (χ1n) is 8.85. The molecule has 2 N–H and O–H groups in total. The van der Waals surface area contributed by atoms with Crippen LogP contribution in [0.15, 0.2) is 48.5 Å². The van der Waals surface area contributed by atoms with Crippen LogP contribution in [0.25, 0.3) is 6.08 Å². The van der Waals surface area contributed by atoms with Gasteiger partial charge in [0, 0.05) is 5.69 Å². The highest BCUT2D eigenvalue weighted by Gasteiger charge is 2.29. The zero-order valence-electron chi connectivity index (χ0n) is 16.5. The lowest BCUT2D eigenvalue weighted by molar-refractivity contribution is -0.142. The molecule has 0 bridgehead atoms. The van der Waals surface area contributed by atoms with E-state index in [1.54, 1.807) is 51.3 Å². The van der Waals surface area contributed by atoms with Gasteiger partial charge in [-0.05, 0) is 56.2 Å². The van der Waals surface area contributed by atoms with Crippen LogP contribution in [0.5, 0.6) is 11.5 Å². The Morgan fingerprint density at radius 1 is 1.11 bits per heavy atom. The molecule has 0 heterocycles. The second-order valence-corrected chi connectivity index (χ2v) is 6.75. The molecule has 0 aliphatic carbocycles. The number of benzene rings is 2. The third-order valence-electron chi connectivity index (χ3n) is 4.33. The zero-order valence-corrected chi connectivity index (χ0v) is 16.5. The lowest BCUT2D eigenvalue weighted by atomic mass is 9.85. The summed E-state index contributed by atoms with van der Waals surface area (Å²) in [6.45, 7) is 5.01. The Labute approximate surface area is 164 Å². The molecule has 1 amide bonds. The minimum Gasteiger partial charge on any atom is -0.493 e. The summed E-state index contributed by atoms with van der Waals surface area (Å²) in [6, 6.07) is 12.2. The molecule has 148 valence electrons. The third-order valence-corrected chi connectivity index (χ3v) is 4.33. The largest absolute Gasteiger partial charge is 0.493 e. The van der Waals surface area contributed by atoms with Gasteiger partial charge in [0.2, 0.25) is 0 Å². The number of carboxylic acids is 1. The van der Waals surface area contributed by atoms with Crippen molar-refractivity contribution in [3.63, 3.8) is 0 Å². The van der Waals surface area contributed by atoms with Gasteiger partial charge in [0.25, 0.3) is 5.91 Å². The molecule has 6 nitrogen and oxygen atoms in total. The molecule has 0 saturated heterocycles. The van der Waals surface area contributed by atoms with Crippen LogP contribution in [-0.2, 0) is 15.0 Å². The summed E-state index contributed by atoms with van der Waals surface area (Å²) in [4.78, 5) is 23.5. The summed E-state index contributed by atoms with van der Waals surface area (Å²) in [7, 11) is 1.54. The molecule has 0 saturated carbocycles. The Bertz CT molecular complexity index is 869. The fraction of sp³-hybridized carbons (Fsp3) is 0.273. The number of ether oxygens (including phenoxy) is 2. The van der Waals surface area contributed by atoms with E-state index >= 15 is 0 Å². The summed E-state index contributed by atoms with van der Waals surface area (Å²) in [5, 5.41) is 12.0. The Morgan fingerprint density at radius 3 is 2.36 bits per heavy atom. The molecular formula is C22H25NO5. The number of carbonyl (C=O) groups excluding carboxylic acids is 1. The Hall–Kier alpha value is -3.28. The van der Waals surface area contributed by atoms with E-state index < -0.39 is 11.4 Å². The average molecular weight is 383 g/mol. The smallest absolute Gasteiger partial charge is 0.313 e. The predicted octanol–water partition coefficient (Wildman–Crippen LogP) is 4.11. The molecule has 0 unspecified atom stereocenters. The molecule has 0 aliphatic rings. The predicted molar refractivity (Wildman–Crippen MR) is 109 cm³/mol. The Kier molecular flexibility index (Phi) is 6.82. The summed E-state index contributed by atoms with van der Waals surface area (Å²) >= 11 is 0. The molecule has 0 fully saturated rings. The van der Waals surface area contributed by atoms with Gasteiger partial charge >= 0.3 is 5.97 Å². The van der Waals surface area contributed by atoms with Gasteiger partial charge < -0.3 is 19.9 Å². The van der Waals surface area contributed by atoms with Crippen LogP contribution in [0.4, 0.5) is 5.69 Å². The number of allylic oxidation sites excluding steroid dienone is 1. The summed E-state index contributed by atoms with van der Waals surface area (Å²) in [6.07, 6.45) is 3.86. The first-order chi connectivity index (χ1) is 13.3. The van der Waals surface area contributed by atoms with Crippen molar-refractivity contribution in [1.29, 1.82) is 0 Å². The van der Waals surface area contributed by atoms with Crippen molar-refractivity contribution >= 4 is 23.6 Å². The van der Waals surface area contributed by atoms with Crippen LogP contribution in [-0.4, -0.2) is 30.7 Å². The maximum Gasteiger partial charge on any atom is 0.313 e. The van der Waals surface area contributed by atoms with Gasteiger partial charge in [-0.15, -0.1) is 0 Å². The number of aliphatic carboxylic acids is 1. The number of rotatable bonds is 8. The number of anilines is 1. The maximum absolute atomic E-state index is 12.2. The molecule has 0 radical (unpaired) electrons. The second-order valence-electron chi connectivity index (χ2n) is 6.75. The summed E-state index contributed by atoms with van der Waals surface area (Å²) < 4.78 is 10.9. The standard InChI is InChI=1S/C22H25NO5/c1-5-6-15-7-12-18(19(13-15)27-4)28-14-20(24)23-17-10-8-16(9-11-17)22(2,3)21(25)26/h5-13H,14H2,1-4H3,(H,23,24)(H,25,26)/b6-5+. The summed E-state index contributed by atoms with van der Waals surface area (Å²) in [5.74, 6) is -0.218. The van der Waals surface area contributed by atoms with E-state index in [-0.39, 0.29) is 12.5 Å². The van der Waals surface area contributed by atoms with Crippen LogP contribution in [0, 0.1) is 0 Å². The number of hydrogen-bond acceptors (Lipinski definition) is 4. The minimum absolute atomic E-state index is 0.179. The van der Waals surface area contributed by atoms with Gasteiger partial charge in [-0.3, -0.25) is 9.59 Å². The van der Waals surface area contributed by atoms with E-state index in [4.69, 9.17) is 9.47 Å². The van der Waals surface area contributed by atoms with E-state index in [0.717, 1.165) is 5.56 Å². The highest BCUT2D eigenvalue weighted by atomic mass is 16.5. The van der Waals surface area contributed by atoms with Crippen LogP contribution in [0.1, 0.15) is 31.9 Å². The minimum atomic E-state index is -0.999. The molecule has 2 aromatic rings. The van der Waals surface area contributed by atoms with E-state index in [1.165, 1.54) is 0 Å². The van der Waals surface area contributed by atoms with Crippen molar-refractivity contribution < 1.29 is 24.2 Å². The third kappa shape index (κ3) is 5.13. The lowest BCUT2D eigenvalue weighted by Crippen LogP contribution is -2.28. The molecular weight excluding hydrogens is 358 g/mol. The number of carboxylic acid groups (broad SMARTS) is 1. The number of methoxy groups -OCH3 is 1. The van der Waals surface area contributed by atoms with Gasteiger partial charge in [0.05, 0.1) is 12.5 Å². The van der Waals surface area contributed by atoms with Gasteiger partial charge in [-0.1, -0.05) is 30.4 Å². The van der Waals surface area contributed by atoms with Gasteiger partial charge in [0.15, 0.2) is 18.1 Å². The van der Waals surface area contributed by atoms with E-state index in [0.29, 0.717) is 22.7 Å². The quantitative estimate of drug-likeness (QED) is 0.717. The number of nitrogens with one attached hydrogen (secondary N) is 1. The van der Waals surface area contributed by atoms with Crippen molar-refractivity contribution in [2.24, 2.45) is 0 Å². The molecule has 2 aromatic carbocycles. The Balaban J connectivity index is 1.98. The summed E-state index contributed by atoms with van der Waals surface area (Å²) in [5.41, 5.74) is 1.19. The average Bonchev–Trinajstić information content (AvgIpc) is 2.67. The van der Waals surface area contributed by atoms with Crippen LogP contribution in [0.3, 0.4) is 0 Å².